The molecule has 1 unspecified atom stereocenters. The highest BCUT2D eigenvalue weighted by Gasteiger charge is 2.34. The van der Waals surface area contributed by atoms with Crippen molar-refractivity contribution in [1.29, 1.82) is 0 Å². The number of fused-ring (bicyclic) bond motifs is 1. The first kappa shape index (κ1) is 15.8. The second-order valence-corrected chi connectivity index (χ2v) is 7.32. The second kappa shape index (κ2) is 7.47. The lowest BCUT2D eigenvalue weighted by molar-refractivity contribution is -0.902. The Kier molecular flexibility index (Phi) is 5.37. The highest BCUT2D eigenvalue weighted by atomic mass is 35.5. The van der Waals surface area contributed by atoms with Crippen molar-refractivity contribution in [2.75, 3.05) is 19.6 Å². The first-order chi connectivity index (χ1) is 10.7. The Morgan fingerprint density at radius 3 is 2.86 bits per heavy atom. The van der Waals surface area contributed by atoms with Gasteiger partial charge in [-0.05, 0) is 42.9 Å². The fourth-order valence-corrected chi connectivity index (χ4v) is 4.31. The Labute approximate surface area is 138 Å². The Morgan fingerprint density at radius 2 is 2.05 bits per heavy atom. The summed E-state index contributed by atoms with van der Waals surface area (Å²) in [6, 6.07) is 7.67. The summed E-state index contributed by atoms with van der Waals surface area (Å²) in [7, 11) is 0. The van der Waals surface area contributed by atoms with Crippen molar-refractivity contribution in [3.05, 3.63) is 34.9 Å². The van der Waals surface area contributed by atoms with Crippen LogP contribution >= 0.6 is 11.6 Å². The minimum Gasteiger partial charge on any atom is -0.347 e. The summed E-state index contributed by atoms with van der Waals surface area (Å²) in [5.74, 6) is 1.95. The average Bonchev–Trinajstić information content (AvgIpc) is 2.53. The number of piperidine rings is 1. The number of hydrogen-bond acceptors (Lipinski definition) is 1. The molecular formula is C18H26ClN2O+. The molecule has 1 aliphatic carbocycles. The number of carbonyl (C=O) groups is 1. The average molecular weight is 322 g/mol. The summed E-state index contributed by atoms with van der Waals surface area (Å²) in [6.07, 6.45) is 6.89. The van der Waals surface area contributed by atoms with E-state index in [1.165, 1.54) is 43.5 Å². The SMILES string of the molecule is O=C(C[NH+]1CC[C@H]2CCCC[C@@H]2C1)NCc1cccc(Cl)c1. The minimum atomic E-state index is 0.157. The van der Waals surface area contributed by atoms with E-state index in [0.717, 1.165) is 29.0 Å². The van der Waals surface area contributed by atoms with Crippen LogP contribution < -0.4 is 10.2 Å². The number of halogens is 1. The maximum atomic E-state index is 12.2. The van der Waals surface area contributed by atoms with Gasteiger partial charge in [-0.1, -0.05) is 36.6 Å². The Hall–Kier alpha value is -1.06. The lowest BCUT2D eigenvalue weighted by atomic mass is 9.75. The van der Waals surface area contributed by atoms with Crippen LogP contribution in [0.5, 0.6) is 0 Å². The van der Waals surface area contributed by atoms with Crippen molar-refractivity contribution in [3.8, 4) is 0 Å². The van der Waals surface area contributed by atoms with E-state index in [9.17, 15) is 4.79 Å². The number of carbonyl (C=O) groups excluding carboxylic acids is 1. The largest absolute Gasteiger partial charge is 0.347 e. The topological polar surface area (TPSA) is 33.5 Å². The van der Waals surface area contributed by atoms with E-state index >= 15 is 0 Å². The monoisotopic (exact) mass is 321 g/mol. The number of quaternary nitrogens is 1. The molecule has 1 aliphatic heterocycles. The van der Waals surface area contributed by atoms with Gasteiger partial charge in [0.25, 0.3) is 5.91 Å². The fourth-order valence-electron chi connectivity index (χ4n) is 4.09. The molecule has 1 saturated heterocycles. The van der Waals surface area contributed by atoms with Gasteiger partial charge in [0.15, 0.2) is 6.54 Å². The number of hydrogen-bond donors (Lipinski definition) is 2. The van der Waals surface area contributed by atoms with Crippen LogP contribution in [0.15, 0.2) is 24.3 Å². The lowest BCUT2D eigenvalue weighted by Gasteiger charge is -2.38. The van der Waals surface area contributed by atoms with Crippen LogP contribution in [0.3, 0.4) is 0 Å². The highest BCUT2D eigenvalue weighted by Crippen LogP contribution is 2.32. The first-order valence-corrected chi connectivity index (χ1v) is 8.93. The van der Waals surface area contributed by atoms with Gasteiger partial charge in [-0.25, -0.2) is 0 Å². The maximum Gasteiger partial charge on any atom is 0.275 e. The molecule has 3 atom stereocenters. The molecule has 1 saturated carbocycles. The summed E-state index contributed by atoms with van der Waals surface area (Å²) < 4.78 is 0. The van der Waals surface area contributed by atoms with Gasteiger partial charge in [0.1, 0.15) is 0 Å². The Balaban J connectivity index is 1.44. The van der Waals surface area contributed by atoms with E-state index < -0.39 is 0 Å². The molecular weight excluding hydrogens is 296 g/mol. The van der Waals surface area contributed by atoms with Gasteiger partial charge in [0.05, 0.1) is 13.1 Å². The third-order valence-corrected chi connectivity index (χ3v) is 5.51. The first-order valence-electron chi connectivity index (χ1n) is 8.55. The molecule has 120 valence electrons. The van der Waals surface area contributed by atoms with Crippen LogP contribution in [-0.4, -0.2) is 25.5 Å². The van der Waals surface area contributed by atoms with Gasteiger partial charge in [-0.2, -0.15) is 0 Å². The summed E-state index contributed by atoms with van der Waals surface area (Å²) in [5.41, 5.74) is 1.06. The van der Waals surface area contributed by atoms with Crippen LogP contribution in [0.2, 0.25) is 5.02 Å². The summed E-state index contributed by atoms with van der Waals surface area (Å²) >= 11 is 5.96. The molecule has 0 bridgehead atoms. The zero-order valence-corrected chi connectivity index (χ0v) is 13.9. The maximum absolute atomic E-state index is 12.2. The molecule has 1 heterocycles. The predicted molar refractivity (Wildman–Crippen MR) is 88.9 cm³/mol. The molecule has 1 aromatic rings. The minimum absolute atomic E-state index is 0.157. The summed E-state index contributed by atoms with van der Waals surface area (Å²) in [6.45, 7) is 3.53. The van der Waals surface area contributed by atoms with Gasteiger partial charge in [-0.3, -0.25) is 4.79 Å². The second-order valence-electron chi connectivity index (χ2n) is 6.88. The van der Waals surface area contributed by atoms with Crippen LogP contribution in [0.25, 0.3) is 0 Å². The van der Waals surface area contributed by atoms with Gasteiger partial charge < -0.3 is 10.2 Å². The molecule has 2 fully saturated rings. The lowest BCUT2D eigenvalue weighted by Crippen LogP contribution is -3.15. The molecule has 2 N–H and O–H groups in total. The molecule has 2 aliphatic rings. The molecule has 3 nitrogen and oxygen atoms in total. The van der Waals surface area contributed by atoms with E-state index in [0.29, 0.717) is 13.1 Å². The van der Waals surface area contributed by atoms with Crippen molar-refractivity contribution in [2.45, 2.75) is 38.6 Å². The fraction of sp³-hybridized carbons (Fsp3) is 0.611. The van der Waals surface area contributed by atoms with E-state index in [4.69, 9.17) is 11.6 Å². The molecule has 0 radical (unpaired) electrons. The number of rotatable bonds is 4. The van der Waals surface area contributed by atoms with Crippen molar-refractivity contribution in [3.63, 3.8) is 0 Å². The van der Waals surface area contributed by atoms with Gasteiger partial charge in [-0.15, -0.1) is 0 Å². The van der Waals surface area contributed by atoms with Crippen molar-refractivity contribution >= 4 is 17.5 Å². The Bertz CT molecular complexity index is 520. The molecule has 0 spiro atoms. The molecule has 22 heavy (non-hydrogen) atoms. The van der Waals surface area contributed by atoms with Gasteiger partial charge in [0, 0.05) is 17.5 Å². The van der Waals surface area contributed by atoms with E-state index in [1.807, 2.05) is 24.3 Å². The number of benzene rings is 1. The number of nitrogens with one attached hydrogen (secondary N) is 2. The van der Waals surface area contributed by atoms with Crippen LogP contribution in [0, 0.1) is 11.8 Å². The molecule has 1 aromatic carbocycles. The van der Waals surface area contributed by atoms with Crippen LogP contribution in [-0.2, 0) is 11.3 Å². The zero-order chi connectivity index (χ0) is 15.4. The van der Waals surface area contributed by atoms with Crippen molar-refractivity contribution in [2.24, 2.45) is 11.8 Å². The highest BCUT2D eigenvalue weighted by molar-refractivity contribution is 6.30. The van der Waals surface area contributed by atoms with Crippen molar-refractivity contribution in [1.82, 2.24) is 5.32 Å². The predicted octanol–water partition coefficient (Wildman–Crippen LogP) is 2.05. The number of amides is 1. The van der Waals surface area contributed by atoms with Gasteiger partial charge >= 0.3 is 0 Å². The van der Waals surface area contributed by atoms with E-state index in [1.54, 1.807) is 0 Å². The normalized spacial score (nSPS) is 28.0. The molecule has 3 rings (SSSR count). The molecule has 4 heteroatoms. The Morgan fingerprint density at radius 1 is 1.23 bits per heavy atom. The van der Waals surface area contributed by atoms with E-state index in [2.05, 4.69) is 5.32 Å². The third kappa shape index (κ3) is 4.23. The number of likely N-dealkylation sites (tertiary alicyclic amines) is 1. The third-order valence-electron chi connectivity index (χ3n) is 5.28. The summed E-state index contributed by atoms with van der Waals surface area (Å²) in [5, 5.41) is 3.75. The zero-order valence-electron chi connectivity index (χ0n) is 13.1. The van der Waals surface area contributed by atoms with Crippen LogP contribution in [0.1, 0.15) is 37.7 Å². The quantitative estimate of drug-likeness (QED) is 0.874. The smallest absolute Gasteiger partial charge is 0.275 e. The van der Waals surface area contributed by atoms with Gasteiger partial charge in [0.2, 0.25) is 0 Å². The van der Waals surface area contributed by atoms with E-state index in [-0.39, 0.29) is 5.91 Å². The standard InChI is InChI=1S/C18H25ClN2O/c19-17-7-3-4-14(10-17)11-20-18(22)13-21-9-8-15-5-1-2-6-16(15)12-21/h3-4,7,10,15-16H,1-2,5-6,8-9,11-13H2,(H,20,22)/p+1/t15-,16-/m1/s1. The van der Waals surface area contributed by atoms with Crippen molar-refractivity contribution < 1.29 is 9.69 Å². The van der Waals surface area contributed by atoms with Crippen LogP contribution in [0.4, 0.5) is 0 Å². The molecule has 1 amide bonds. The molecule has 0 aromatic heterocycles. The summed E-state index contributed by atoms with van der Waals surface area (Å²) in [4.78, 5) is 13.6.